The van der Waals surface area contributed by atoms with E-state index in [2.05, 4.69) is 0 Å². The number of likely N-dealkylation sites (N-methyl/N-ethyl adjacent to an activating group) is 1. The second-order valence-electron chi connectivity index (χ2n) is 4.11. The molecule has 1 aromatic carbocycles. The third kappa shape index (κ3) is 4.75. The molecule has 0 aliphatic carbocycles. The Hall–Kier alpha value is -1.55. The molecule has 0 heterocycles. The molecule has 18 heavy (non-hydrogen) atoms. The van der Waals surface area contributed by atoms with Crippen molar-refractivity contribution in [2.75, 3.05) is 26.3 Å². The van der Waals surface area contributed by atoms with Gasteiger partial charge in [-0.3, -0.25) is 4.79 Å². The molecule has 0 fully saturated rings. The van der Waals surface area contributed by atoms with Gasteiger partial charge < -0.3 is 14.7 Å². The van der Waals surface area contributed by atoms with E-state index in [4.69, 9.17) is 9.84 Å². The number of nitrogens with zero attached hydrogens (tertiary/aromatic N) is 1. The molecular weight excluding hydrogens is 230 g/mol. The Kier molecular flexibility index (Phi) is 6.22. The lowest BCUT2D eigenvalue weighted by atomic mass is 10.2. The van der Waals surface area contributed by atoms with Gasteiger partial charge in [0.25, 0.3) is 0 Å². The molecule has 0 radical (unpaired) electrons. The quantitative estimate of drug-likeness (QED) is 0.801. The first-order valence-corrected chi connectivity index (χ1v) is 6.25. The van der Waals surface area contributed by atoms with Crippen LogP contribution in [0.2, 0.25) is 0 Å². The summed E-state index contributed by atoms with van der Waals surface area (Å²) in [5, 5.41) is 8.82. The van der Waals surface area contributed by atoms with Crippen LogP contribution >= 0.6 is 0 Å². The Bertz CT molecular complexity index is 362. The predicted molar refractivity (Wildman–Crippen MR) is 70.6 cm³/mol. The van der Waals surface area contributed by atoms with E-state index < -0.39 is 0 Å². The summed E-state index contributed by atoms with van der Waals surface area (Å²) in [6, 6.07) is 7.73. The van der Waals surface area contributed by atoms with Crippen molar-refractivity contribution in [1.29, 1.82) is 0 Å². The highest BCUT2D eigenvalue weighted by atomic mass is 16.5. The van der Waals surface area contributed by atoms with Gasteiger partial charge in [-0.2, -0.15) is 0 Å². The first-order chi connectivity index (χ1) is 8.67. The normalized spacial score (nSPS) is 10.2. The van der Waals surface area contributed by atoms with Gasteiger partial charge >= 0.3 is 0 Å². The van der Waals surface area contributed by atoms with Crippen molar-refractivity contribution in [2.24, 2.45) is 0 Å². The Morgan fingerprint density at radius 2 is 2.00 bits per heavy atom. The Morgan fingerprint density at radius 1 is 1.33 bits per heavy atom. The van der Waals surface area contributed by atoms with Crippen LogP contribution in [-0.4, -0.2) is 42.2 Å². The van der Waals surface area contributed by atoms with E-state index in [1.165, 1.54) is 5.56 Å². The summed E-state index contributed by atoms with van der Waals surface area (Å²) in [6.07, 6.45) is 0.335. The molecular formula is C14H21NO3. The summed E-state index contributed by atoms with van der Waals surface area (Å²) in [7, 11) is 0. The Labute approximate surface area is 108 Å². The van der Waals surface area contributed by atoms with Crippen molar-refractivity contribution >= 4 is 5.91 Å². The number of aryl methyl sites for hydroxylation is 1. The maximum Gasteiger partial charge on any atom is 0.226 e. The van der Waals surface area contributed by atoms with E-state index in [0.717, 1.165) is 5.75 Å². The van der Waals surface area contributed by atoms with E-state index in [0.29, 0.717) is 26.1 Å². The van der Waals surface area contributed by atoms with E-state index in [-0.39, 0.29) is 12.5 Å². The highest BCUT2D eigenvalue weighted by Crippen LogP contribution is 2.11. The van der Waals surface area contributed by atoms with E-state index >= 15 is 0 Å². The largest absolute Gasteiger partial charge is 0.493 e. The van der Waals surface area contributed by atoms with Gasteiger partial charge in [-0.1, -0.05) is 17.7 Å². The molecule has 0 aromatic heterocycles. The fourth-order valence-corrected chi connectivity index (χ4v) is 1.63. The van der Waals surface area contributed by atoms with Crippen molar-refractivity contribution in [1.82, 2.24) is 4.90 Å². The SMILES string of the molecule is CCN(CCO)C(=O)CCOc1ccc(C)cc1. The van der Waals surface area contributed by atoms with Crippen LogP contribution in [0.4, 0.5) is 0 Å². The second-order valence-corrected chi connectivity index (χ2v) is 4.11. The number of amides is 1. The molecule has 0 aliphatic heterocycles. The molecule has 1 N–H and O–H groups in total. The maximum atomic E-state index is 11.7. The summed E-state index contributed by atoms with van der Waals surface area (Å²) in [4.78, 5) is 13.4. The van der Waals surface area contributed by atoms with E-state index in [9.17, 15) is 4.79 Å². The van der Waals surface area contributed by atoms with Crippen molar-refractivity contribution < 1.29 is 14.6 Å². The first-order valence-electron chi connectivity index (χ1n) is 6.25. The highest BCUT2D eigenvalue weighted by molar-refractivity contribution is 5.76. The molecule has 0 unspecified atom stereocenters. The van der Waals surface area contributed by atoms with Crippen LogP contribution in [0, 0.1) is 6.92 Å². The van der Waals surface area contributed by atoms with Gasteiger partial charge in [0, 0.05) is 13.1 Å². The molecule has 0 saturated carbocycles. The third-order valence-corrected chi connectivity index (χ3v) is 2.71. The van der Waals surface area contributed by atoms with Crippen LogP contribution in [0.5, 0.6) is 5.75 Å². The molecule has 0 saturated heterocycles. The third-order valence-electron chi connectivity index (χ3n) is 2.71. The van der Waals surface area contributed by atoms with Crippen molar-refractivity contribution in [3.05, 3.63) is 29.8 Å². The van der Waals surface area contributed by atoms with Crippen molar-refractivity contribution in [3.63, 3.8) is 0 Å². The number of carbonyl (C=O) groups excluding carboxylic acids is 1. The number of aliphatic hydroxyl groups is 1. The first kappa shape index (κ1) is 14.5. The second kappa shape index (κ2) is 7.71. The number of benzene rings is 1. The molecule has 4 heteroatoms. The summed E-state index contributed by atoms with van der Waals surface area (Å²) < 4.78 is 5.49. The number of ether oxygens (including phenoxy) is 1. The molecule has 0 bridgehead atoms. The lowest BCUT2D eigenvalue weighted by molar-refractivity contribution is -0.132. The Balaban J connectivity index is 2.32. The van der Waals surface area contributed by atoms with Gasteiger partial charge in [0.2, 0.25) is 5.91 Å². The molecule has 0 spiro atoms. The number of aliphatic hydroxyl groups excluding tert-OH is 1. The fourth-order valence-electron chi connectivity index (χ4n) is 1.63. The zero-order valence-corrected chi connectivity index (χ0v) is 11.1. The number of hydrogen-bond donors (Lipinski definition) is 1. The molecule has 1 rings (SSSR count). The van der Waals surface area contributed by atoms with Crippen LogP contribution in [-0.2, 0) is 4.79 Å². The van der Waals surface area contributed by atoms with Gasteiger partial charge in [0.15, 0.2) is 0 Å². The molecule has 1 amide bonds. The van der Waals surface area contributed by atoms with Crippen LogP contribution in [0.3, 0.4) is 0 Å². The number of carbonyl (C=O) groups is 1. The van der Waals surface area contributed by atoms with Gasteiger partial charge in [0.05, 0.1) is 19.6 Å². The van der Waals surface area contributed by atoms with Gasteiger partial charge in [-0.15, -0.1) is 0 Å². The fraction of sp³-hybridized carbons (Fsp3) is 0.500. The zero-order chi connectivity index (χ0) is 13.4. The topological polar surface area (TPSA) is 49.8 Å². The minimum atomic E-state index is -0.00159. The van der Waals surface area contributed by atoms with Gasteiger partial charge in [0.1, 0.15) is 5.75 Å². The summed E-state index contributed by atoms with van der Waals surface area (Å²) >= 11 is 0. The molecule has 1 aromatic rings. The van der Waals surface area contributed by atoms with Gasteiger partial charge in [-0.25, -0.2) is 0 Å². The average molecular weight is 251 g/mol. The lowest BCUT2D eigenvalue weighted by Gasteiger charge is -2.19. The summed E-state index contributed by atoms with van der Waals surface area (Å²) in [6.45, 7) is 5.28. The van der Waals surface area contributed by atoms with E-state index in [1.807, 2.05) is 38.1 Å². The van der Waals surface area contributed by atoms with E-state index in [1.54, 1.807) is 4.90 Å². The Morgan fingerprint density at radius 3 is 2.56 bits per heavy atom. The van der Waals surface area contributed by atoms with Gasteiger partial charge in [-0.05, 0) is 26.0 Å². The van der Waals surface area contributed by atoms with Crippen LogP contribution in [0.1, 0.15) is 18.9 Å². The average Bonchev–Trinajstić information content (AvgIpc) is 2.38. The minimum Gasteiger partial charge on any atom is -0.493 e. The molecule has 0 atom stereocenters. The summed E-state index contributed by atoms with van der Waals surface area (Å²) in [5.74, 6) is 0.789. The number of hydrogen-bond acceptors (Lipinski definition) is 3. The lowest BCUT2D eigenvalue weighted by Crippen LogP contribution is -2.34. The van der Waals surface area contributed by atoms with Crippen LogP contribution in [0.25, 0.3) is 0 Å². The predicted octanol–water partition coefficient (Wildman–Crippen LogP) is 1.60. The number of rotatable bonds is 7. The summed E-state index contributed by atoms with van der Waals surface area (Å²) in [5.41, 5.74) is 1.18. The van der Waals surface area contributed by atoms with Crippen LogP contribution in [0.15, 0.2) is 24.3 Å². The highest BCUT2D eigenvalue weighted by Gasteiger charge is 2.10. The van der Waals surface area contributed by atoms with Crippen LogP contribution < -0.4 is 4.74 Å². The monoisotopic (exact) mass is 251 g/mol. The zero-order valence-electron chi connectivity index (χ0n) is 11.1. The van der Waals surface area contributed by atoms with Crippen molar-refractivity contribution in [2.45, 2.75) is 20.3 Å². The standard InChI is InChI=1S/C14H21NO3/c1-3-15(9-10-16)14(17)8-11-18-13-6-4-12(2)5-7-13/h4-7,16H,3,8-11H2,1-2H3. The minimum absolute atomic E-state index is 0.00159. The molecule has 0 aliphatic rings. The van der Waals surface area contributed by atoms with Crippen molar-refractivity contribution in [3.8, 4) is 5.75 Å². The maximum absolute atomic E-state index is 11.7. The smallest absolute Gasteiger partial charge is 0.226 e. The molecule has 100 valence electrons. The molecule has 4 nitrogen and oxygen atoms in total.